The van der Waals surface area contributed by atoms with Gasteiger partial charge >= 0.3 is 113 Å². The van der Waals surface area contributed by atoms with Gasteiger partial charge in [-0.25, -0.2) is 4.79 Å². The van der Waals surface area contributed by atoms with Crippen LogP contribution in [0.2, 0.25) is 0 Å². The number of aliphatic carboxylic acids is 3. The quantitative estimate of drug-likeness (QED) is 0.261. The van der Waals surface area contributed by atoms with E-state index in [1.807, 2.05) is 0 Å². The number of carbonyl (C=O) groups is 4. The summed E-state index contributed by atoms with van der Waals surface area (Å²) >= 11 is -5.75. The van der Waals surface area contributed by atoms with Gasteiger partial charge in [0.15, 0.2) is 0 Å². The average Bonchev–Trinajstić information content (AvgIpc) is 2.44. The van der Waals surface area contributed by atoms with E-state index in [0.717, 1.165) is 0 Å². The van der Waals surface area contributed by atoms with Gasteiger partial charge in [-0.1, -0.05) is 23.9 Å². The number of para-hydroxylation sites is 1. The molecule has 158 valence electrons. The second kappa shape index (κ2) is 21.0. The number of carboxylic acids is 4. The molecule has 0 atom stereocenters. The van der Waals surface area contributed by atoms with Crippen LogP contribution in [0, 0.1) is 0 Å². The Morgan fingerprint density at radius 2 is 1.16 bits per heavy atom. The van der Waals surface area contributed by atoms with Crippen molar-refractivity contribution in [1.82, 2.24) is 0 Å². The molecule has 0 bridgehead atoms. The van der Waals surface area contributed by atoms with Crippen molar-refractivity contribution < 1.29 is 157 Å². The fourth-order valence-electron chi connectivity index (χ4n) is 1.33. The van der Waals surface area contributed by atoms with Crippen molar-refractivity contribution >= 4 is 23.9 Å². The zero-order valence-electron chi connectivity index (χ0n) is 16.3. The molecule has 1 aromatic rings. The Morgan fingerprint density at radius 1 is 0.844 bits per heavy atom. The molecule has 32 heavy (non-hydrogen) atoms. The van der Waals surface area contributed by atoms with E-state index in [1.165, 1.54) is 24.3 Å². The molecule has 0 amide bonds. The van der Waals surface area contributed by atoms with Crippen LogP contribution in [0.25, 0.3) is 0 Å². The van der Waals surface area contributed by atoms with Gasteiger partial charge in [0.2, 0.25) is 0 Å². The summed E-state index contributed by atoms with van der Waals surface area (Å²) in [4.78, 5) is 40.2. The molecular formula is C13H10CrO14Zn4+2. The summed E-state index contributed by atoms with van der Waals surface area (Å²) in [5.41, 5.74) is -3.15. The molecule has 1 aromatic carbocycles. The Hall–Kier alpha value is -0.594. The summed E-state index contributed by atoms with van der Waals surface area (Å²) < 4.78 is 34.4. The van der Waals surface area contributed by atoms with Crippen LogP contribution in [0.5, 0.6) is 5.75 Å². The van der Waals surface area contributed by atoms with E-state index in [-0.39, 0.29) is 83.5 Å². The van der Waals surface area contributed by atoms with Crippen molar-refractivity contribution in [2.45, 2.75) is 18.4 Å². The normalized spacial score (nSPS) is 9.09. The summed E-state index contributed by atoms with van der Waals surface area (Å²) in [6, 6.07) is 5.54. The first-order chi connectivity index (χ1) is 12.5. The molecule has 0 radical (unpaired) electrons. The summed E-state index contributed by atoms with van der Waals surface area (Å²) in [6.45, 7) is 0. The maximum absolute atomic E-state index is 10.7. The first kappa shape index (κ1) is 45.0. The summed E-state index contributed by atoms with van der Waals surface area (Å²) in [7, 11) is 0. The van der Waals surface area contributed by atoms with Crippen LogP contribution in [0.3, 0.4) is 0 Å². The van der Waals surface area contributed by atoms with Gasteiger partial charge in [0.05, 0.1) is 11.5 Å². The maximum atomic E-state index is 10.7. The molecule has 0 spiro atoms. The Morgan fingerprint density at radius 3 is 1.34 bits per heavy atom. The minimum atomic E-state index is -5.75. The predicted molar refractivity (Wildman–Crippen MR) is 63.4 cm³/mol. The molecule has 14 nitrogen and oxygen atoms in total. The molecule has 1 rings (SSSR count). The third-order valence-corrected chi connectivity index (χ3v) is 2.37. The van der Waals surface area contributed by atoms with Gasteiger partial charge in [0, 0.05) is 24.8 Å². The van der Waals surface area contributed by atoms with Gasteiger partial charge in [-0.3, -0.25) is 0 Å². The zero-order chi connectivity index (χ0) is 22.7. The fraction of sp³-hybridized carbons (Fsp3) is 0.231. The minimum absolute atomic E-state index is 0. The summed E-state index contributed by atoms with van der Waals surface area (Å²) in [6.07, 6.45) is -2.72. The molecule has 0 aliphatic carbocycles. The second-order valence-electron chi connectivity index (χ2n) is 4.63. The minimum Gasteiger partial charge on any atom is 2.00 e. The molecule has 19 heteroatoms. The number of hydrogen-bond donors (Lipinski definition) is 2. The van der Waals surface area contributed by atoms with Crippen molar-refractivity contribution in [3.63, 3.8) is 0 Å². The number of aliphatic hydroxyl groups is 1. The van der Waals surface area contributed by atoms with Gasteiger partial charge in [0.25, 0.3) is 0 Å². The zero-order valence-corrected chi connectivity index (χ0v) is 29.4. The van der Waals surface area contributed by atoms with E-state index in [0.29, 0.717) is 0 Å². The van der Waals surface area contributed by atoms with Gasteiger partial charge in [-0.05, 0) is 6.07 Å². The van der Waals surface area contributed by atoms with Crippen LogP contribution >= 0.6 is 0 Å². The van der Waals surface area contributed by atoms with Gasteiger partial charge in [-0.15, -0.1) is 0 Å². The van der Waals surface area contributed by atoms with Crippen LogP contribution in [-0.4, -0.2) is 39.7 Å². The van der Waals surface area contributed by atoms with E-state index < -0.39 is 61.7 Å². The monoisotopic (exact) mass is 698 g/mol. The Labute approximate surface area is 233 Å². The third-order valence-electron chi connectivity index (χ3n) is 2.37. The molecule has 2 N–H and O–H groups in total. The van der Waals surface area contributed by atoms with E-state index in [1.54, 1.807) is 0 Å². The SMILES string of the molecule is O=C(O)c1ccccc1[O-].O=C([O-])CC(O)(CC(=O)[O-])C(=O)[O-].[O]=[Cr](=[O])([O-])[O-].[Zn+2].[Zn+2].[Zn+2].[Zn+2]. The number of carboxylic acid groups (broad SMARTS) is 4. The molecule has 0 fully saturated rings. The molecule has 0 aliphatic rings. The first-order valence-electron chi connectivity index (χ1n) is 6.49. The number of carbonyl (C=O) groups excluding carboxylic acids is 3. The van der Waals surface area contributed by atoms with E-state index >= 15 is 0 Å². The molecule has 0 unspecified atom stereocenters. The third kappa shape index (κ3) is 25.7. The van der Waals surface area contributed by atoms with Crippen molar-refractivity contribution in [3.05, 3.63) is 29.8 Å². The molecule has 0 aliphatic heterocycles. The van der Waals surface area contributed by atoms with Gasteiger partial charge < -0.3 is 45.0 Å². The van der Waals surface area contributed by atoms with Crippen molar-refractivity contribution in [2.75, 3.05) is 0 Å². The summed E-state index contributed by atoms with van der Waals surface area (Å²) in [5, 5.41) is 58.0. The second-order valence-corrected chi connectivity index (χ2v) is 5.90. The maximum Gasteiger partial charge on any atom is 2.00 e. The van der Waals surface area contributed by atoms with Crippen LogP contribution in [-0.2, 0) is 114 Å². The number of rotatable bonds is 6. The molecule has 0 heterocycles. The van der Waals surface area contributed by atoms with Crippen LogP contribution in [0.4, 0.5) is 0 Å². The van der Waals surface area contributed by atoms with Crippen molar-refractivity contribution in [1.29, 1.82) is 0 Å². The molecule has 0 saturated carbocycles. The van der Waals surface area contributed by atoms with Crippen LogP contribution in [0.15, 0.2) is 24.3 Å². The Balaban J connectivity index is -0.0000000802. The molecule has 0 aromatic heterocycles. The Kier molecular flexibility index (Phi) is 29.5. The van der Waals surface area contributed by atoms with Gasteiger partial charge in [0.1, 0.15) is 5.60 Å². The number of aromatic carboxylic acids is 1. The van der Waals surface area contributed by atoms with Crippen LogP contribution < -0.4 is 28.7 Å². The standard InChI is InChI=1S/C7H6O3.C6H8O7.Cr.4O.4Zn/c8-6-4-2-1-3-5(6)7(9)10;7-3(8)1-6(13,5(11)12)2-4(9)10;;;;;;;;;/h1-4,8H,(H,9,10);13H,1-2H2,(H,7,8)(H,9,10)(H,11,12);;;;;;;;;/q;;;;;2*-1;4*+2/p-4. The number of benzene rings is 1. The topological polar surface area (TPSA) is 281 Å². The number of hydrogen-bond acceptors (Lipinski definition) is 13. The van der Waals surface area contributed by atoms with Crippen molar-refractivity contribution in [3.8, 4) is 5.75 Å². The van der Waals surface area contributed by atoms with Crippen LogP contribution in [0.1, 0.15) is 23.2 Å². The fourth-order valence-corrected chi connectivity index (χ4v) is 1.33. The largest absolute Gasteiger partial charge is 2.00 e. The predicted octanol–water partition coefficient (Wildman–Crippen LogP) is -7.42. The Bertz CT molecular complexity index is 806. The van der Waals surface area contributed by atoms with E-state index in [9.17, 15) is 39.6 Å². The van der Waals surface area contributed by atoms with Crippen molar-refractivity contribution in [2.24, 2.45) is 0 Å². The smallest absolute Gasteiger partial charge is 2.00 e. The first-order valence-corrected chi connectivity index (χ1v) is 8.57. The van der Waals surface area contributed by atoms with E-state index in [4.69, 9.17) is 26.1 Å². The van der Waals surface area contributed by atoms with E-state index in [2.05, 4.69) is 0 Å². The molecule has 0 saturated heterocycles. The molecular weight excluding hydrogens is 694 g/mol. The average molecular weight is 704 g/mol. The summed E-state index contributed by atoms with van der Waals surface area (Å²) in [5.74, 6) is -7.61. The van der Waals surface area contributed by atoms with Gasteiger partial charge in [-0.2, -0.15) is 0 Å².